The lowest BCUT2D eigenvalue weighted by Gasteiger charge is -2.10. The van der Waals surface area contributed by atoms with E-state index in [1.54, 1.807) is 91.9 Å². The third-order valence-electron chi connectivity index (χ3n) is 4.23. The molecular formula is C22H20N6O3. The summed E-state index contributed by atoms with van der Waals surface area (Å²) in [6, 6.07) is 15.5. The number of nitrogens with one attached hydrogen (secondary N) is 2. The van der Waals surface area contributed by atoms with E-state index in [1.807, 2.05) is 0 Å². The van der Waals surface area contributed by atoms with Gasteiger partial charge in [-0.1, -0.05) is 6.07 Å². The summed E-state index contributed by atoms with van der Waals surface area (Å²) in [5, 5.41) is 5.53. The van der Waals surface area contributed by atoms with Crippen LogP contribution in [0.4, 0.5) is 16.2 Å². The van der Waals surface area contributed by atoms with Crippen LogP contribution in [-0.4, -0.2) is 32.7 Å². The molecule has 0 aliphatic rings. The van der Waals surface area contributed by atoms with Gasteiger partial charge in [0.1, 0.15) is 29.5 Å². The number of hydrogen-bond acceptors (Lipinski definition) is 6. The molecule has 0 bridgehead atoms. The average Bonchev–Trinajstić information content (AvgIpc) is 3.30. The average molecular weight is 416 g/mol. The van der Waals surface area contributed by atoms with Crippen LogP contribution in [0.2, 0.25) is 0 Å². The minimum absolute atomic E-state index is 0.363. The Labute approximate surface area is 178 Å². The van der Waals surface area contributed by atoms with Crippen LogP contribution in [0.25, 0.3) is 5.82 Å². The van der Waals surface area contributed by atoms with E-state index in [-0.39, 0.29) is 6.03 Å². The first-order chi connectivity index (χ1) is 15.1. The Bertz CT molecular complexity index is 1180. The first kappa shape index (κ1) is 19.9. The minimum Gasteiger partial charge on any atom is -0.497 e. The molecule has 0 aliphatic heterocycles. The second-order valence-corrected chi connectivity index (χ2v) is 6.52. The van der Waals surface area contributed by atoms with Crippen molar-refractivity contribution in [3.05, 3.63) is 79.1 Å². The lowest BCUT2D eigenvalue weighted by Crippen LogP contribution is -2.19. The van der Waals surface area contributed by atoms with E-state index in [0.29, 0.717) is 40.4 Å². The van der Waals surface area contributed by atoms with Crippen LogP contribution < -0.4 is 20.1 Å². The van der Waals surface area contributed by atoms with Crippen molar-refractivity contribution in [3.63, 3.8) is 0 Å². The van der Waals surface area contributed by atoms with Crippen molar-refractivity contribution in [2.24, 2.45) is 0 Å². The Kier molecular flexibility index (Phi) is 5.75. The third-order valence-corrected chi connectivity index (χ3v) is 4.23. The van der Waals surface area contributed by atoms with Crippen molar-refractivity contribution in [1.29, 1.82) is 0 Å². The van der Waals surface area contributed by atoms with Gasteiger partial charge < -0.3 is 20.1 Å². The molecule has 9 nitrogen and oxygen atoms in total. The van der Waals surface area contributed by atoms with Gasteiger partial charge in [-0.25, -0.2) is 14.8 Å². The normalized spacial score (nSPS) is 10.4. The molecule has 0 aliphatic carbocycles. The number of benzene rings is 2. The predicted molar refractivity (Wildman–Crippen MR) is 116 cm³/mol. The van der Waals surface area contributed by atoms with E-state index in [2.05, 4.69) is 25.6 Å². The number of urea groups is 1. The number of ether oxygens (including phenoxy) is 2. The van der Waals surface area contributed by atoms with E-state index in [4.69, 9.17) is 9.47 Å². The molecule has 4 rings (SSSR count). The van der Waals surface area contributed by atoms with Crippen molar-refractivity contribution < 1.29 is 14.3 Å². The summed E-state index contributed by atoms with van der Waals surface area (Å²) in [4.78, 5) is 24.9. The minimum atomic E-state index is -0.363. The molecule has 31 heavy (non-hydrogen) atoms. The van der Waals surface area contributed by atoms with E-state index in [0.717, 1.165) is 0 Å². The maximum atomic E-state index is 12.2. The first-order valence-electron chi connectivity index (χ1n) is 9.43. The fourth-order valence-corrected chi connectivity index (χ4v) is 2.83. The molecule has 0 radical (unpaired) electrons. The van der Waals surface area contributed by atoms with Gasteiger partial charge in [0, 0.05) is 35.9 Å². The smallest absolute Gasteiger partial charge is 0.323 e. The molecule has 2 amide bonds. The largest absolute Gasteiger partial charge is 0.497 e. The number of hydrogen-bond donors (Lipinski definition) is 2. The maximum Gasteiger partial charge on any atom is 0.323 e. The highest BCUT2D eigenvalue weighted by Gasteiger charge is 2.07. The SMILES string of the molecule is COc1cccc(NC(=O)Nc2ccc(Oc3cc(-n4ccnc4)nc(C)n3)cc2)c1. The Morgan fingerprint density at radius 3 is 2.52 bits per heavy atom. The Morgan fingerprint density at radius 1 is 0.968 bits per heavy atom. The standard InChI is InChI=1S/C22H20N6O3/c1-15-24-20(28-11-10-23-14-28)13-21(25-15)31-18-8-6-16(7-9-18)26-22(29)27-17-4-3-5-19(12-17)30-2/h3-14H,1-2H3,(H2,26,27,29). The van der Waals surface area contributed by atoms with Crippen molar-refractivity contribution in [2.75, 3.05) is 17.7 Å². The predicted octanol–water partition coefficient (Wildman–Crippen LogP) is 4.42. The number of amides is 2. The molecule has 2 aromatic carbocycles. The molecule has 0 fully saturated rings. The number of anilines is 2. The maximum absolute atomic E-state index is 12.2. The number of aromatic nitrogens is 4. The highest BCUT2D eigenvalue weighted by Crippen LogP contribution is 2.23. The second kappa shape index (κ2) is 8.95. The lowest BCUT2D eigenvalue weighted by atomic mass is 10.3. The van der Waals surface area contributed by atoms with Gasteiger partial charge in [0.05, 0.1) is 7.11 Å². The summed E-state index contributed by atoms with van der Waals surface area (Å²) in [5.41, 5.74) is 1.25. The molecule has 156 valence electrons. The van der Waals surface area contributed by atoms with Gasteiger partial charge >= 0.3 is 6.03 Å². The van der Waals surface area contributed by atoms with Crippen LogP contribution in [-0.2, 0) is 0 Å². The highest BCUT2D eigenvalue weighted by molar-refractivity contribution is 5.99. The third kappa shape index (κ3) is 5.15. The van der Waals surface area contributed by atoms with E-state index < -0.39 is 0 Å². The highest BCUT2D eigenvalue weighted by atomic mass is 16.5. The summed E-state index contributed by atoms with van der Waals surface area (Å²) in [6.07, 6.45) is 5.12. The van der Waals surface area contributed by atoms with E-state index in [1.165, 1.54) is 0 Å². The Morgan fingerprint density at radius 2 is 1.77 bits per heavy atom. The second-order valence-electron chi connectivity index (χ2n) is 6.52. The zero-order chi connectivity index (χ0) is 21.6. The molecule has 9 heteroatoms. The number of carbonyl (C=O) groups is 1. The number of aryl methyl sites for hydroxylation is 1. The fraction of sp³-hybridized carbons (Fsp3) is 0.0909. The number of imidazole rings is 1. The summed E-state index contributed by atoms with van der Waals surface area (Å²) in [7, 11) is 1.57. The van der Waals surface area contributed by atoms with Gasteiger partial charge in [0.25, 0.3) is 0 Å². The summed E-state index contributed by atoms with van der Waals surface area (Å²) >= 11 is 0. The van der Waals surface area contributed by atoms with E-state index in [9.17, 15) is 4.79 Å². The zero-order valence-electron chi connectivity index (χ0n) is 16.9. The molecule has 0 saturated heterocycles. The topological polar surface area (TPSA) is 103 Å². The van der Waals surface area contributed by atoms with E-state index >= 15 is 0 Å². The summed E-state index contributed by atoms with van der Waals surface area (Å²) in [5.74, 6) is 2.89. The summed E-state index contributed by atoms with van der Waals surface area (Å²) < 4.78 is 12.8. The van der Waals surface area contributed by atoms with Gasteiger partial charge in [-0.2, -0.15) is 4.98 Å². The van der Waals surface area contributed by atoms with Crippen molar-refractivity contribution in [2.45, 2.75) is 6.92 Å². The molecular weight excluding hydrogens is 396 g/mol. The number of rotatable bonds is 6. The van der Waals surface area contributed by atoms with Gasteiger partial charge in [0.15, 0.2) is 0 Å². The number of carbonyl (C=O) groups excluding carboxylic acids is 1. The molecule has 2 heterocycles. The van der Waals surface area contributed by atoms with Crippen LogP contribution in [0.5, 0.6) is 17.4 Å². The monoisotopic (exact) mass is 416 g/mol. The Balaban J connectivity index is 1.40. The van der Waals surface area contributed by atoms with Crippen molar-refractivity contribution in [1.82, 2.24) is 19.5 Å². The molecule has 0 spiro atoms. The van der Waals surface area contributed by atoms with Gasteiger partial charge in [-0.05, 0) is 43.3 Å². The molecule has 4 aromatic rings. The van der Waals surface area contributed by atoms with Crippen LogP contribution in [0.15, 0.2) is 73.3 Å². The fourth-order valence-electron chi connectivity index (χ4n) is 2.83. The zero-order valence-corrected chi connectivity index (χ0v) is 16.9. The lowest BCUT2D eigenvalue weighted by molar-refractivity contribution is 0.262. The Hall–Kier alpha value is -4.40. The number of methoxy groups -OCH3 is 1. The van der Waals surface area contributed by atoms with Crippen LogP contribution in [0, 0.1) is 6.92 Å². The molecule has 2 N–H and O–H groups in total. The summed E-state index contributed by atoms with van der Waals surface area (Å²) in [6.45, 7) is 1.79. The quantitative estimate of drug-likeness (QED) is 0.482. The van der Waals surface area contributed by atoms with Crippen LogP contribution in [0.3, 0.4) is 0 Å². The number of nitrogens with zero attached hydrogens (tertiary/aromatic N) is 4. The van der Waals surface area contributed by atoms with Gasteiger partial charge in [-0.3, -0.25) is 4.57 Å². The molecule has 0 unspecified atom stereocenters. The molecule has 0 saturated carbocycles. The van der Waals surface area contributed by atoms with Crippen molar-refractivity contribution in [3.8, 4) is 23.2 Å². The van der Waals surface area contributed by atoms with Crippen molar-refractivity contribution >= 4 is 17.4 Å². The van der Waals surface area contributed by atoms with Gasteiger partial charge in [0.2, 0.25) is 5.88 Å². The molecule has 2 aromatic heterocycles. The van der Waals surface area contributed by atoms with Crippen LogP contribution in [0.1, 0.15) is 5.82 Å². The first-order valence-corrected chi connectivity index (χ1v) is 9.43. The molecule has 0 atom stereocenters. The van der Waals surface area contributed by atoms with Gasteiger partial charge in [-0.15, -0.1) is 0 Å². The van der Waals surface area contributed by atoms with Crippen LogP contribution >= 0.6 is 0 Å².